The molecule has 1 fully saturated rings. The van der Waals surface area contributed by atoms with Gasteiger partial charge in [0.05, 0.1) is 0 Å². The lowest BCUT2D eigenvalue weighted by molar-refractivity contribution is 0.244. The van der Waals surface area contributed by atoms with Crippen LogP contribution in [0, 0.1) is 5.82 Å². The van der Waals surface area contributed by atoms with Crippen molar-refractivity contribution in [3.8, 4) is 0 Å². The maximum Gasteiger partial charge on any atom is 0.180 e. The van der Waals surface area contributed by atoms with E-state index in [1.54, 1.807) is 12.1 Å². The van der Waals surface area contributed by atoms with Gasteiger partial charge in [0.15, 0.2) is 5.13 Å². The van der Waals surface area contributed by atoms with E-state index in [1.807, 2.05) is 6.20 Å². The Morgan fingerprint density at radius 1 is 1.45 bits per heavy atom. The maximum atomic E-state index is 13.9. The Labute approximate surface area is 144 Å². The lowest BCUT2D eigenvalue weighted by Gasteiger charge is -2.24. The van der Waals surface area contributed by atoms with Gasteiger partial charge in [-0.3, -0.25) is 4.90 Å². The minimum atomic E-state index is -0.212. The van der Waals surface area contributed by atoms with Crippen LogP contribution in [0.4, 0.5) is 9.52 Å². The molecule has 1 saturated heterocycles. The minimum absolute atomic E-state index is 0. The van der Waals surface area contributed by atoms with Crippen LogP contribution in [0.1, 0.15) is 23.3 Å². The molecule has 0 spiro atoms. The van der Waals surface area contributed by atoms with Gasteiger partial charge in [-0.1, -0.05) is 17.7 Å². The summed E-state index contributed by atoms with van der Waals surface area (Å²) >= 11 is 7.65. The van der Waals surface area contributed by atoms with Gasteiger partial charge >= 0.3 is 0 Å². The number of thiazole rings is 1. The number of aromatic nitrogens is 1. The number of halogens is 3. The molecule has 3 rings (SSSR count). The fourth-order valence-corrected chi connectivity index (χ4v) is 3.84. The van der Waals surface area contributed by atoms with Crippen LogP contribution in [0.3, 0.4) is 0 Å². The predicted octanol–water partition coefficient (Wildman–Crippen LogP) is 4.15. The number of hydrogen-bond donors (Lipinski definition) is 1. The second-order valence-corrected chi connectivity index (χ2v) is 6.89. The fourth-order valence-electron chi connectivity index (χ4n) is 2.89. The van der Waals surface area contributed by atoms with E-state index in [9.17, 15) is 4.39 Å². The standard InChI is InChI=1S/C15H17ClFN3S.ClH/c16-13-4-1-5-14(17)12(13)7-10-3-2-6-20(10)9-11-8-19-15(18)21-11;/h1,4-5,8,10H,2-3,6-7,9H2,(H2,18,19);1H. The number of nitrogens with zero attached hydrogens (tertiary/aromatic N) is 2. The van der Waals surface area contributed by atoms with Crippen LogP contribution < -0.4 is 5.73 Å². The lowest BCUT2D eigenvalue weighted by atomic mass is 10.0. The highest BCUT2D eigenvalue weighted by molar-refractivity contribution is 7.15. The summed E-state index contributed by atoms with van der Waals surface area (Å²) in [5.74, 6) is -0.212. The first kappa shape index (κ1) is 17.5. The molecular formula is C15H18Cl2FN3S. The summed E-state index contributed by atoms with van der Waals surface area (Å²) in [5.41, 5.74) is 6.30. The number of benzene rings is 1. The van der Waals surface area contributed by atoms with Crippen molar-refractivity contribution >= 4 is 40.5 Å². The molecule has 0 radical (unpaired) electrons. The zero-order valence-electron chi connectivity index (χ0n) is 12.0. The number of anilines is 1. The van der Waals surface area contributed by atoms with Crippen molar-refractivity contribution < 1.29 is 4.39 Å². The molecule has 1 aliphatic rings. The average molecular weight is 362 g/mol. The fraction of sp³-hybridized carbons (Fsp3) is 0.400. The number of rotatable bonds is 4. The first-order chi connectivity index (χ1) is 10.1. The van der Waals surface area contributed by atoms with E-state index in [2.05, 4.69) is 9.88 Å². The van der Waals surface area contributed by atoms with Crippen LogP contribution in [-0.4, -0.2) is 22.5 Å². The van der Waals surface area contributed by atoms with E-state index in [0.717, 1.165) is 30.8 Å². The summed E-state index contributed by atoms with van der Waals surface area (Å²) in [5, 5.41) is 1.11. The van der Waals surface area contributed by atoms with Gasteiger partial charge < -0.3 is 5.73 Å². The molecule has 7 heteroatoms. The van der Waals surface area contributed by atoms with Crippen LogP contribution >= 0.6 is 35.3 Å². The van der Waals surface area contributed by atoms with Gasteiger partial charge in [0.2, 0.25) is 0 Å². The van der Waals surface area contributed by atoms with Gasteiger partial charge in [0.25, 0.3) is 0 Å². The Balaban J connectivity index is 0.00000176. The first-order valence-electron chi connectivity index (χ1n) is 7.00. The molecule has 1 aliphatic heterocycles. The summed E-state index contributed by atoms with van der Waals surface area (Å²) in [6.45, 7) is 1.85. The van der Waals surface area contributed by atoms with Crippen molar-refractivity contribution in [3.63, 3.8) is 0 Å². The third-order valence-corrected chi connectivity index (χ3v) is 5.10. The first-order valence-corrected chi connectivity index (χ1v) is 8.20. The number of likely N-dealkylation sites (tertiary alicyclic amines) is 1. The molecule has 1 aromatic carbocycles. The molecule has 2 N–H and O–H groups in total. The van der Waals surface area contributed by atoms with Crippen LogP contribution in [0.5, 0.6) is 0 Å². The van der Waals surface area contributed by atoms with Crippen LogP contribution in [-0.2, 0) is 13.0 Å². The molecule has 0 amide bonds. The summed E-state index contributed by atoms with van der Waals surface area (Å²) in [6.07, 6.45) is 4.68. The molecule has 1 atom stereocenters. The molecule has 2 heterocycles. The molecular weight excluding hydrogens is 344 g/mol. The van der Waals surface area contributed by atoms with E-state index in [-0.39, 0.29) is 18.2 Å². The molecule has 0 aliphatic carbocycles. The molecule has 22 heavy (non-hydrogen) atoms. The van der Waals surface area contributed by atoms with Crippen molar-refractivity contribution in [1.82, 2.24) is 9.88 Å². The summed E-state index contributed by atoms with van der Waals surface area (Å²) in [4.78, 5) is 7.61. The molecule has 0 saturated carbocycles. The Bertz CT molecular complexity index is 615. The minimum Gasteiger partial charge on any atom is -0.375 e. The summed E-state index contributed by atoms with van der Waals surface area (Å²) in [6, 6.07) is 5.20. The highest BCUT2D eigenvalue weighted by Crippen LogP contribution is 2.28. The smallest absolute Gasteiger partial charge is 0.180 e. The molecule has 1 aromatic heterocycles. The van der Waals surface area contributed by atoms with Gasteiger partial charge in [0.1, 0.15) is 5.82 Å². The Morgan fingerprint density at radius 3 is 2.95 bits per heavy atom. The Hall–Kier alpha value is -0.880. The maximum absolute atomic E-state index is 13.9. The second-order valence-electron chi connectivity index (χ2n) is 5.34. The molecule has 1 unspecified atom stereocenters. The number of nitrogens with two attached hydrogens (primary N) is 1. The monoisotopic (exact) mass is 361 g/mol. The highest BCUT2D eigenvalue weighted by Gasteiger charge is 2.26. The number of hydrogen-bond acceptors (Lipinski definition) is 4. The largest absolute Gasteiger partial charge is 0.375 e. The SMILES string of the molecule is Cl.Nc1ncc(CN2CCCC2Cc2c(F)cccc2Cl)s1. The normalized spacial score (nSPS) is 18.4. The summed E-state index contributed by atoms with van der Waals surface area (Å²) in [7, 11) is 0. The van der Waals surface area contributed by atoms with Crippen LogP contribution in [0.25, 0.3) is 0 Å². The van der Waals surface area contributed by atoms with Gasteiger partial charge in [-0.2, -0.15) is 0 Å². The third-order valence-electron chi connectivity index (χ3n) is 3.93. The zero-order chi connectivity index (χ0) is 14.8. The summed E-state index contributed by atoms with van der Waals surface area (Å²) < 4.78 is 13.9. The van der Waals surface area contributed by atoms with Gasteiger partial charge in [-0.05, 0) is 37.9 Å². The topological polar surface area (TPSA) is 42.1 Å². The average Bonchev–Trinajstić information content (AvgIpc) is 3.04. The van der Waals surface area contributed by atoms with E-state index >= 15 is 0 Å². The second kappa shape index (κ2) is 7.59. The van der Waals surface area contributed by atoms with E-state index < -0.39 is 0 Å². The molecule has 120 valence electrons. The van der Waals surface area contributed by atoms with E-state index in [1.165, 1.54) is 17.4 Å². The van der Waals surface area contributed by atoms with Crippen molar-refractivity contribution in [2.45, 2.75) is 31.8 Å². The molecule has 2 aromatic rings. The number of nitrogen functional groups attached to an aromatic ring is 1. The molecule has 0 bridgehead atoms. The lowest BCUT2D eigenvalue weighted by Crippen LogP contribution is -2.30. The van der Waals surface area contributed by atoms with Crippen molar-refractivity contribution in [1.29, 1.82) is 0 Å². The Kier molecular flexibility index (Phi) is 6.03. The zero-order valence-corrected chi connectivity index (χ0v) is 14.4. The third kappa shape index (κ3) is 3.90. The van der Waals surface area contributed by atoms with Crippen molar-refractivity contribution in [2.75, 3.05) is 12.3 Å². The van der Waals surface area contributed by atoms with Gasteiger partial charge in [-0.15, -0.1) is 23.7 Å². The highest BCUT2D eigenvalue weighted by atomic mass is 35.5. The van der Waals surface area contributed by atoms with Crippen molar-refractivity contribution in [3.05, 3.63) is 45.7 Å². The van der Waals surface area contributed by atoms with E-state index in [0.29, 0.717) is 28.2 Å². The van der Waals surface area contributed by atoms with Crippen LogP contribution in [0.15, 0.2) is 24.4 Å². The quantitative estimate of drug-likeness (QED) is 0.889. The van der Waals surface area contributed by atoms with Gasteiger partial charge in [0, 0.05) is 34.2 Å². The van der Waals surface area contributed by atoms with E-state index in [4.69, 9.17) is 17.3 Å². The van der Waals surface area contributed by atoms with Gasteiger partial charge in [-0.25, -0.2) is 9.37 Å². The van der Waals surface area contributed by atoms with Crippen LogP contribution in [0.2, 0.25) is 5.02 Å². The predicted molar refractivity (Wildman–Crippen MR) is 92.3 cm³/mol. The Morgan fingerprint density at radius 2 is 2.27 bits per heavy atom. The molecule has 3 nitrogen and oxygen atoms in total. The van der Waals surface area contributed by atoms with Crippen molar-refractivity contribution in [2.24, 2.45) is 0 Å².